The highest BCUT2D eigenvalue weighted by atomic mass is 127. The molecule has 7 heteroatoms. The minimum atomic E-state index is 0. The number of nitrogens with zero attached hydrogens (tertiary/aromatic N) is 2. The zero-order valence-corrected chi connectivity index (χ0v) is 18.2. The van der Waals surface area contributed by atoms with Crippen LogP contribution in [0.25, 0.3) is 0 Å². The maximum absolute atomic E-state index is 11.6. The Morgan fingerprint density at radius 3 is 2.58 bits per heavy atom. The fourth-order valence-corrected chi connectivity index (χ4v) is 2.64. The van der Waals surface area contributed by atoms with Crippen molar-refractivity contribution in [2.24, 2.45) is 10.4 Å². The number of halogens is 1. The molecule has 1 amide bonds. The van der Waals surface area contributed by atoms with Gasteiger partial charge in [0, 0.05) is 39.7 Å². The molecular formula is C17H35IN4O2. The Bertz CT molecular complexity index is 397. The lowest BCUT2D eigenvalue weighted by molar-refractivity contribution is -0.127. The smallest absolute Gasteiger partial charge is 0.222 e. The van der Waals surface area contributed by atoms with Gasteiger partial charge in [-0.1, -0.05) is 20.8 Å². The van der Waals surface area contributed by atoms with Gasteiger partial charge in [-0.25, -0.2) is 0 Å². The van der Waals surface area contributed by atoms with Crippen LogP contribution in [-0.4, -0.2) is 62.7 Å². The van der Waals surface area contributed by atoms with Crippen molar-refractivity contribution in [3.8, 4) is 0 Å². The Labute approximate surface area is 164 Å². The van der Waals surface area contributed by atoms with E-state index in [1.807, 2.05) is 4.90 Å². The lowest BCUT2D eigenvalue weighted by Gasteiger charge is -2.28. The number of carbonyl (C=O) groups is 1. The summed E-state index contributed by atoms with van der Waals surface area (Å²) < 4.78 is 5.54. The summed E-state index contributed by atoms with van der Waals surface area (Å²) in [5.74, 6) is 1.10. The Balaban J connectivity index is 0.00000529. The van der Waals surface area contributed by atoms with Gasteiger partial charge in [-0.2, -0.15) is 0 Å². The maximum Gasteiger partial charge on any atom is 0.222 e. The predicted octanol–water partition coefficient (Wildman–Crippen LogP) is 2.23. The van der Waals surface area contributed by atoms with Crippen LogP contribution in [0.1, 0.15) is 47.0 Å². The van der Waals surface area contributed by atoms with Crippen molar-refractivity contribution in [2.45, 2.75) is 53.1 Å². The third-order valence-electron chi connectivity index (χ3n) is 4.08. The highest BCUT2D eigenvalue weighted by Gasteiger charge is 2.24. The first-order valence-corrected chi connectivity index (χ1v) is 8.71. The highest BCUT2D eigenvalue weighted by molar-refractivity contribution is 14.0. The van der Waals surface area contributed by atoms with Gasteiger partial charge in [0.2, 0.25) is 5.91 Å². The van der Waals surface area contributed by atoms with Crippen LogP contribution in [0.2, 0.25) is 0 Å². The number of rotatable bonds is 8. The summed E-state index contributed by atoms with van der Waals surface area (Å²) in [6.07, 6.45) is 2.73. The highest BCUT2D eigenvalue weighted by Crippen LogP contribution is 2.21. The molecule has 1 unspecified atom stereocenters. The van der Waals surface area contributed by atoms with Gasteiger partial charge in [-0.15, -0.1) is 24.0 Å². The van der Waals surface area contributed by atoms with Gasteiger partial charge in [-0.3, -0.25) is 9.79 Å². The van der Waals surface area contributed by atoms with Crippen LogP contribution < -0.4 is 10.6 Å². The number of ether oxygens (including phenoxy) is 1. The number of nitrogens with one attached hydrogen (secondary N) is 2. The molecular weight excluding hydrogens is 419 g/mol. The number of hydrogen-bond donors (Lipinski definition) is 2. The molecule has 142 valence electrons. The van der Waals surface area contributed by atoms with E-state index in [1.54, 1.807) is 7.11 Å². The number of carbonyl (C=O) groups excluding carboxylic acids is 1. The van der Waals surface area contributed by atoms with E-state index in [4.69, 9.17) is 4.74 Å². The zero-order valence-electron chi connectivity index (χ0n) is 15.9. The van der Waals surface area contributed by atoms with E-state index in [1.165, 1.54) is 0 Å². The van der Waals surface area contributed by atoms with Gasteiger partial charge in [0.25, 0.3) is 0 Å². The van der Waals surface area contributed by atoms with E-state index in [0.29, 0.717) is 18.9 Å². The van der Waals surface area contributed by atoms with Gasteiger partial charge in [-0.05, 0) is 25.2 Å². The van der Waals surface area contributed by atoms with Crippen molar-refractivity contribution in [3.63, 3.8) is 0 Å². The quantitative estimate of drug-likeness (QED) is 0.256. The molecule has 0 aromatic carbocycles. The van der Waals surface area contributed by atoms with Crippen molar-refractivity contribution in [3.05, 3.63) is 0 Å². The Morgan fingerprint density at radius 1 is 1.38 bits per heavy atom. The monoisotopic (exact) mass is 454 g/mol. The van der Waals surface area contributed by atoms with Gasteiger partial charge in [0.05, 0.1) is 12.6 Å². The van der Waals surface area contributed by atoms with E-state index >= 15 is 0 Å². The summed E-state index contributed by atoms with van der Waals surface area (Å²) in [5, 5.41) is 6.59. The summed E-state index contributed by atoms with van der Waals surface area (Å²) in [5.41, 5.74) is 0.0612. The summed E-state index contributed by atoms with van der Waals surface area (Å²) in [4.78, 5) is 18.1. The molecule has 0 aliphatic carbocycles. The van der Waals surface area contributed by atoms with Crippen LogP contribution in [0.15, 0.2) is 4.99 Å². The molecule has 1 heterocycles. The fraction of sp³-hybridized carbons (Fsp3) is 0.882. The molecule has 1 rings (SSSR count). The molecule has 24 heavy (non-hydrogen) atoms. The number of aliphatic imine (C=N–C) groups is 1. The number of likely N-dealkylation sites (tertiary alicyclic amines) is 1. The van der Waals surface area contributed by atoms with Gasteiger partial charge in [0.1, 0.15) is 0 Å². The largest absolute Gasteiger partial charge is 0.379 e. The van der Waals surface area contributed by atoms with Crippen LogP contribution in [0.5, 0.6) is 0 Å². The topological polar surface area (TPSA) is 66.0 Å². The van der Waals surface area contributed by atoms with E-state index in [2.05, 4.69) is 43.3 Å². The Kier molecular flexibility index (Phi) is 11.6. The summed E-state index contributed by atoms with van der Waals surface area (Å²) >= 11 is 0. The van der Waals surface area contributed by atoms with E-state index < -0.39 is 0 Å². The Morgan fingerprint density at radius 2 is 2.08 bits per heavy atom. The van der Waals surface area contributed by atoms with Crippen molar-refractivity contribution >= 4 is 35.8 Å². The zero-order chi connectivity index (χ0) is 17.3. The molecule has 6 nitrogen and oxygen atoms in total. The Hall–Kier alpha value is -0.570. The van der Waals surface area contributed by atoms with Crippen molar-refractivity contribution in [2.75, 3.05) is 39.8 Å². The van der Waals surface area contributed by atoms with E-state index in [-0.39, 0.29) is 35.5 Å². The molecule has 1 aliphatic rings. The van der Waals surface area contributed by atoms with Gasteiger partial charge >= 0.3 is 0 Å². The average molecular weight is 454 g/mol. The third kappa shape index (κ3) is 8.50. The van der Waals surface area contributed by atoms with Crippen LogP contribution in [-0.2, 0) is 9.53 Å². The summed E-state index contributed by atoms with van der Waals surface area (Å²) in [7, 11) is 1.73. The van der Waals surface area contributed by atoms with Crippen molar-refractivity contribution < 1.29 is 9.53 Å². The average Bonchev–Trinajstić information content (AvgIpc) is 2.88. The van der Waals surface area contributed by atoms with Crippen molar-refractivity contribution in [1.82, 2.24) is 15.5 Å². The summed E-state index contributed by atoms with van der Waals surface area (Å²) in [6.45, 7) is 12.5. The normalized spacial score (nSPS) is 16.8. The SMILES string of the molecule is CCNC(=NCC(OC)C(C)(C)C)NCCCN1CCCC1=O.I. The third-order valence-corrected chi connectivity index (χ3v) is 4.08. The number of methoxy groups -OCH3 is 1. The lowest BCUT2D eigenvalue weighted by atomic mass is 9.89. The van der Waals surface area contributed by atoms with Crippen LogP contribution in [0, 0.1) is 5.41 Å². The minimum Gasteiger partial charge on any atom is -0.379 e. The van der Waals surface area contributed by atoms with Gasteiger partial charge < -0.3 is 20.3 Å². The van der Waals surface area contributed by atoms with E-state index in [0.717, 1.165) is 45.0 Å². The van der Waals surface area contributed by atoms with Crippen LogP contribution in [0.3, 0.4) is 0 Å². The second-order valence-electron chi connectivity index (χ2n) is 7.07. The predicted molar refractivity (Wildman–Crippen MR) is 110 cm³/mol. The molecule has 0 aromatic heterocycles. The molecule has 0 spiro atoms. The molecule has 2 N–H and O–H groups in total. The molecule has 0 aromatic rings. The van der Waals surface area contributed by atoms with Gasteiger partial charge in [0.15, 0.2) is 5.96 Å². The summed E-state index contributed by atoms with van der Waals surface area (Å²) in [6, 6.07) is 0. The molecule has 1 fully saturated rings. The number of amides is 1. The minimum absolute atomic E-state index is 0. The lowest BCUT2D eigenvalue weighted by Crippen LogP contribution is -2.40. The molecule has 1 saturated heterocycles. The second kappa shape index (κ2) is 11.9. The first-order valence-electron chi connectivity index (χ1n) is 8.71. The molecule has 1 aliphatic heterocycles. The molecule has 0 saturated carbocycles. The van der Waals surface area contributed by atoms with E-state index in [9.17, 15) is 4.79 Å². The van der Waals surface area contributed by atoms with Crippen LogP contribution >= 0.6 is 24.0 Å². The number of hydrogen-bond acceptors (Lipinski definition) is 3. The van der Waals surface area contributed by atoms with Crippen LogP contribution in [0.4, 0.5) is 0 Å². The first kappa shape index (κ1) is 23.4. The number of guanidine groups is 1. The molecule has 0 bridgehead atoms. The standard InChI is InChI=1S/C17H34N4O2.HI/c1-6-18-16(20-13-14(23-5)17(2,3)4)19-10-8-12-21-11-7-9-15(21)22;/h14H,6-13H2,1-5H3,(H2,18,19,20);1H. The first-order chi connectivity index (χ1) is 10.9. The second-order valence-corrected chi connectivity index (χ2v) is 7.07. The van der Waals surface area contributed by atoms with Crippen molar-refractivity contribution in [1.29, 1.82) is 0 Å². The maximum atomic E-state index is 11.6. The molecule has 1 atom stereocenters. The molecule has 0 radical (unpaired) electrons. The fourth-order valence-electron chi connectivity index (χ4n) is 2.64.